The molecular formula is C16H25N3. The summed E-state index contributed by atoms with van der Waals surface area (Å²) in [6.07, 6.45) is 5.11. The number of fused-ring (bicyclic) bond motifs is 1. The van der Waals surface area contributed by atoms with Gasteiger partial charge < -0.3 is 16.0 Å². The first kappa shape index (κ1) is 12.9. The van der Waals surface area contributed by atoms with Crippen LogP contribution in [-0.2, 0) is 6.42 Å². The molecule has 3 nitrogen and oxygen atoms in total. The van der Waals surface area contributed by atoms with Gasteiger partial charge in [0.15, 0.2) is 0 Å². The molecule has 1 aliphatic heterocycles. The molecule has 3 rings (SSSR count). The molecule has 3 heteroatoms. The smallest absolute Gasteiger partial charge is 0.0326 e. The Balaban J connectivity index is 1.57. The topological polar surface area (TPSA) is 41.3 Å². The van der Waals surface area contributed by atoms with Gasteiger partial charge in [0.25, 0.3) is 0 Å². The number of nitrogens with zero attached hydrogens (tertiary/aromatic N) is 1. The van der Waals surface area contributed by atoms with Crippen molar-refractivity contribution in [3.05, 3.63) is 29.3 Å². The van der Waals surface area contributed by atoms with Crippen molar-refractivity contribution < 1.29 is 0 Å². The van der Waals surface area contributed by atoms with E-state index in [2.05, 4.69) is 29.4 Å². The minimum absolute atomic E-state index is 0.544. The van der Waals surface area contributed by atoms with Gasteiger partial charge in [-0.25, -0.2) is 0 Å². The van der Waals surface area contributed by atoms with Gasteiger partial charge in [-0.15, -0.1) is 0 Å². The fourth-order valence-corrected chi connectivity index (χ4v) is 3.60. The first-order valence-electron chi connectivity index (χ1n) is 7.52. The van der Waals surface area contributed by atoms with E-state index >= 15 is 0 Å². The van der Waals surface area contributed by atoms with Crippen LogP contribution in [-0.4, -0.2) is 31.6 Å². The van der Waals surface area contributed by atoms with Crippen molar-refractivity contribution in [3.63, 3.8) is 0 Å². The van der Waals surface area contributed by atoms with Crippen molar-refractivity contribution in [2.24, 2.45) is 5.92 Å². The third-order valence-electron chi connectivity index (χ3n) is 4.62. The summed E-state index contributed by atoms with van der Waals surface area (Å²) in [6, 6.07) is 6.93. The van der Waals surface area contributed by atoms with Crippen LogP contribution >= 0.6 is 0 Å². The fraction of sp³-hybridized carbons (Fsp3) is 0.625. The van der Waals surface area contributed by atoms with Crippen molar-refractivity contribution in [2.45, 2.75) is 31.7 Å². The standard InChI is InChI=1S/C16H25N3/c1-19-8-2-3-12(11-19)10-18-16-7-4-13-9-14(17)5-6-15(13)16/h5-6,9,12,16,18H,2-4,7-8,10-11,17H2,1H3. The molecule has 2 atom stereocenters. The first-order valence-corrected chi connectivity index (χ1v) is 7.52. The summed E-state index contributed by atoms with van der Waals surface area (Å²) in [5.74, 6) is 0.816. The van der Waals surface area contributed by atoms with Crippen molar-refractivity contribution in [3.8, 4) is 0 Å². The average Bonchev–Trinajstić information content (AvgIpc) is 2.78. The number of aryl methyl sites for hydroxylation is 1. The molecule has 104 valence electrons. The van der Waals surface area contributed by atoms with Gasteiger partial charge >= 0.3 is 0 Å². The molecule has 2 unspecified atom stereocenters. The van der Waals surface area contributed by atoms with Crippen LogP contribution in [0.4, 0.5) is 5.69 Å². The van der Waals surface area contributed by atoms with Crippen LogP contribution in [0.3, 0.4) is 0 Å². The van der Waals surface area contributed by atoms with Crippen LogP contribution in [0, 0.1) is 5.92 Å². The highest BCUT2D eigenvalue weighted by Crippen LogP contribution is 2.32. The number of piperidine rings is 1. The highest BCUT2D eigenvalue weighted by molar-refractivity contribution is 5.47. The van der Waals surface area contributed by atoms with Crippen molar-refractivity contribution in [2.75, 3.05) is 32.4 Å². The zero-order valence-corrected chi connectivity index (χ0v) is 11.9. The second-order valence-corrected chi connectivity index (χ2v) is 6.23. The molecule has 0 saturated carbocycles. The van der Waals surface area contributed by atoms with Crippen LogP contribution in [0.2, 0.25) is 0 Å². The SMILES string of the molecule is CN1CCCC(CNC2CCc3cc(N)ccc32)C1. The lowest BCUT2D eigenvalue weighted by molar-refractivity contribution is 0.202. The molecule has 3 N–H and O–H groups in total. The molecular weight excluding hydrogens is 234 g/mol. The summed E-state index contributed by atoms with van der Waals surface area (Å²) in [6.45, 7) is 3.66. The van der Waals surface area contributed by atoms with Crippen LogP contribution in [0.25, 0.3) is 0 Å². The molecule has 0 amide bonds. The molecule has 1 heterocycles. The Hall–Kier alpha value is -1.06. The van der Waals surface area contributed by atoms with Gasteiger partial charge in [-0.05, 0) is 75.0 Å². The highest BCUT2D eigenvalue weighted by atomic mass is 15.1. The lowest BCUT2D eigenvalue weighted by atomic mass is 9.97. The lowest BCUT2D eigenvalue weighted by Gasteiger charge is -2.30. The Morgan fingerprint density at radius 2 is 2.26 bits per heavy atom. The number of rotatable bonds is 3. The summed E-state index contributed by atoms with van der Waals surface area (Å²) in [5, 5.41) is 3.78. The zero-order valence-electron chi connectivity index (χ0n) is 11.9. The normalized spacial score (nSPS) is 27.4. The van der Waals surface area contributed by atoms with E-state index in [1.165, 1.54) is 49.9 Å². The summed E-state index contributed by atoms with van der Waals surface area (Å²) in [7, 11) is 2.24. The number of nitrogen functional groups attached to an aromatic ring is 1. The van der Waals surface area contributed by atoms with Crippen molar-refractivity contribution in [1.29, 1.82) is 0 Å². The fourth-order valence-electron chi connectivity index (χ4n) is 3.60. The lowest BCUT2D eigenvalue weighted by Crippen LogP contribution is -2.38. The zero-order chi connectivity index (χ0) is 13.2. The van der Waals surface area contributed by atoms with E-state index in [4.69, 9.17) is 5.73 Å². The van der Waals surface area contributed by atoms with Crippen LogP contribution < -0.4 is 11.1 Å². The summed E-state index contributed by atoms with van der Waals surface area (Å²) in [4.78, 5) is 2.46. The second kappa shape index (κ2) is 5.51. The van der Waals surface area contributed by atoms with Crippen molar-refractivity contribution in [1.82, 2.24) is 10.2 Å². The quantitative estimate of drug-likeness (QED) is 0.818. The van der Waals surface area contributed by atoms with Gasteiger partial charge in [0, 0.05) is 18.3 Å². The van der Waals surface area contributed by atoms with Crippen molar-refractivity contribution >= 4 is 5.69 Å². The van der Waals surface area contributed by atoms with Crippen LogP contribution in [0.5, 0.6) is 0 Å². The number of nitrogens with one attached hydrogen (secondary N) is 1. The Kier molecular flexibility index (Phi) is 3.76. The van der Waals surface area contributed by atoms with Gasteiger partial charge in [-0.2, -0.15) is 0 Å². The van der Waals surface area contributed by atoms with Gasteiger partial charge in [0.05, 0.1) is 0 Å². The maximum Gasteiger partial charge on any atom is 0.0326 e. The predicted octanol–water partition coefficient (Wildman–Crippen LogP) is 2.19. The minimum Gasteiger partial charge on any atom is -0.399 e. The van der Waals surface area contributed by atoms with E-state index in [0.717, 1.165) is 18.2 Å². The van der Waals surface area contributed by atoms with Gasteiger partial charge in [-0.1, -0.05) is 6.07 Å². The molecule has 1 saturated heterocycles. The average molecular weight is 259 g/mol. The van der Waals surface area contributed by atoms with E-state index in [1.807, 2.05) is 6.07 Å². The third kappa shape index (κ3) is 2.93. The molecule has 1 aromatic rings. The largest absolute Gasteiger partial charge is 0.399 e. The molecule has 0 spiro atoms. The Labute approximate surface area is 116 Å². The number of hydrogen-bond acceptors (Lipinski definition) is 3. The molecule has 19 heavy (non-hydrogen) atoms. The number of anilines is 1. The van der Waals surface area contributed by atoms with E-state index in [0.29, 0.717) is 6.04 Å². The third-order valence-corrected chi connectivity index (χ3v) is 4.62. The van der Waals surface area contributed by atoms with Gasteiger partial charge in [0.1, 0.15) is 0 Å². The summed E-state index contributed by atoms with van der Waals surface area (Å²) >= 11 is 0. The number of likely N-dealkylation sites (tertiary alicyclic amines) is 1. The van der Waals surface area contributed by atoms with E-state index in [-0.39, 0.29) is 0 Å². The highest BCUT2D eigenvalue weighted by Gasteiger charge is 2.24. The maximum absolute atomic E-state index is 5.86. The van der Waals surface area contributed by atoms with Gasteiger partial charge in [0.2, 0.25) is 0 Å². The molecule has 0 aromatic heterocycles. The van der Waals surface area contributed by atoms with E-state index in [1.54, 1.807) is 0 Å². The molecule has 1 aromatic carbocycles. The number of hydrogen-bond donors (Lipinski definition) is 2. The summed E-state index contributed by atoms with van der Waals surface area (Å²) in [5.41, 5.74) is 9.67. The van der Waals surface area contributed by atoms with E-state index < -0.39 is 0 Å². The Morgan fingerprint density at radius 3 is 3.11 bits per heavy atom. The number of nitrogens with two attached hydrogens (primary N) is 1. The molecule has 1 fully saturated rings. The molecule has 0 radical (unpaired) electrons. The Bertz CT molecular complexity index is 444. The van der Waals surface area contributed by atoms with Crippen LogP contribution in [0.15, 0.2) is 18.2 Å². The molecule has 0 bridgehead atoms. The van der Waals surface area contributed by atoms with Gasteiger partial charge in [-0.3, -0.25) is 0 Å². The number of benzene rings is 1. The molecule has 2 aliphatic rings. The minimum atomic E-state index is 0.544. The monoisotopic (exact) mass is 259 g/mol. The molecule has 1 aliphatic carbocycles. The van der Waals surface area contributed by atoms with Crippen LogP contribution in [0.1, 0.15) is 36.4 Å². The second-order valence-electron chi connectivity index (χ2n) is 6.23. The first-order chi connectivity index (χ1) is 9.22. The predicted molar refractivity (Wildman–Crippen MR) is 80.1 cm³/mol. The summed E-state index contributed by atoms with van der Waals surface area (Å²) < 4.78 is 0. The Morgan fingerprint density at radius 1 is 1.37 bits per heavy atom. The maximum atomic E-state index is 5.86. The van der Waals surface area contributed by atoms with E-state index in [9.17, 15) is 0 Å².